The lowest BCUT2D eigenvalue weighted by molar-refractivity contribution is 0.591. The zero-order valence-electron chi connectivity index (χ0n) is 11.6. The third-order valence-electron chi connectivity index (χ3n) is 2.90. The summed E-state index contributed by atoms with van der Waals surface area (Å²) in [5.74, 6) is 0.366. The highest BCUT2D eigenvalue weighted by molar-refractivity contribution is 5.32. The molecule has 0 aliphatic heterocycles. The molecule has 0 atom stereocenters. The molecule has 0 saturated carbocycles. The lowest BCUT2D eigenvalue weighted by Gasteiger charge is -2.09. The summed E-state index contributed by atoms with van der Waals surface area (Å²) in [7, 11) is 1.77. The normalized spacial score (nSPS) is 11.3. The van der Waals surface area contributed by atoms with Crippen LogP contribution in [0.3, 0.4) is 0 Å². The molecule has 0 N–H and O–H groups in total. The van der Waals surface area contributed by atoms with E-state index in [-0.39, 0.29) is 5.56 Å². The van der Waals surface area contributed by atoms with Gasteiger partial charge in [-0.2, -0.15) is 5.10 Å². The molecule has 19 heavy (non-hydrogen) atoms. The van der Waals surface area contributed by atoms with Crippen molar-refractivity contribution < 1.29 is 4.39 Å². The third-order valence-corrected chi connectivity index (χ3v) is 2.90. The molecule has 0 spiro atoms. The van der Waals surface area contributed by atoms with Gasteiger partial charge in [-0.05, 0) is 25.3 Å². The van der Waals surface area contributed by atoms with Gasteiger partial charge in [0.05, 0.1) is 0 Å². The van der Waals surface area contributed by atoms with Gasteiger partial charge in [-0.1, -0.05) is 13.8 Å². The minimum absolute atomic E-state index is 0.197. The molecule has 2 rings (SSSR count). The van der Waals surface area contributed by atoms with E-state index in [0.29, 0.717) is 23.7 Å². The van der Waals surface area contributed by atoms with Gasteiger partial charge < -0.3 is 0 Å². The number of aryl methyl sites for hydroxylation is 2. The summed E-state index contributed by atoms with van der Waals surface area (Å²) in [6, 6.07) is 1.32. The van der Waals surface area contributed by atoms with E-state index in [2.05, 4.69) is 5.10 Å². The number of halogens is 1. The van der Waals surface area contributed by atoms with E-state index < -0.39 is 5.82 Å². The van der Waals surface area contributed by atoms with Crippen molar-refractivity contribution in [2.45, 2.75) is 27.2 Å². The van der Waals surface area contributed by atoms with Crippen LogP contribution in [0.1, 0.15) is 25.0 Å². The predicted molar refractivity (Wildman–Crippen MR) is 72.0 cm³/mol. The lowest BCUT2D eigenvalue weighted by atomic mass is 10.0. The fraction of sp³-hybridized carbons (Fsp3) is 0.429. The molecule has 0 aliphatic rings. The molecule has 5 heteroatoms. The molecule has 0 aliphatic carbocycles. The summed E-state index contributed by atoms with van der Waals surface area (Å²) in [4.78, 5) is 12.4. The highest BCUT2D eigenvalue weighted by atomic mass is 19.1. The average molecular weight is 263 g/mol. The van der Waals surface area contributed by atoms with Crippen LogP contribution >= 0.6 is 0 Å². The first-order chi connectivity index (χ1) is 8.88. The Kier molecular flexibility index (Phi) is 3.55. The Labute approximate surface area is 111 Å². The summed E-state index contributed by atoms with van der Waals surface area (Å²) in [5.41, 5.74) is 1.13. The monoisotopic (exact) mass is 263 g/mol. The first-order valence-electron chi connectivity index (χ1n) is 6.30. The van der Waals surface area contributed by atoms with Crippen molar-refractivity contribution >= 4 is 0 Å². The summed E-state index contributed by atoms with van der Waals surface area (Å²) < 4.78 is 16.6. The van der Waals surface area contributed by atoms with Crippen LogP contribution in [0, 0.1) is 18.7 Å². The van der Waals surface area contributed by atoms with Crippen LogP contribution < -0.4 is 5.56 Å². The molecule has 0 aromatic carbocycles. The maximum absolute atomic E-state index is 13.7. The smallest absolute Gasteiger partial charge is 0.259 e. The fourth-order valence-electron chi connectivity index (χ4n) is 2.18. The van der Waals surface area contributed by atoms with E-state index in [9.17, 15) is 9.18 Å². The second kappa shape index (κ2) is 4.99. The van der Waals surface area contributed by atoms with E-state index in [0.717, 1.165) is 5.56 Å². The van der Waals surface area contributed by atoms with Crippen LogP contribution in [0.25, 0.3) is 5.82 Å². The number of hydrogen-bond acceptors (Lipinski definition) is 2. The highest BCUT2D eigenvalue weighted by Crippen LogP contribution is 2.12. The Bertz CT molecular complexity index is 655. The Morgan fingerprint density at radius 2 is 2.05 bits per heavy atom. The quantitative estimate of drug-likeness (QED) is 0.851. The van der Waals surface area contributed by atoms with Crippen LogP contribution in [-0.4, -0.2) is 14.3 Å². The van der Waals surface area contributed by atoms with Gasteiger partial charge in [-0.25, -0.2) is 4.39 Å². The van der Waals surface area contributed by atoms with Crippen molar-refractivity contribution in [1.29, 1.82) is 0 Å². The molecule has 4 nitrogen and oxygen atoms in total. The van der Waals surface area contributed by atoms with Gasteiger partial charge >= 0.3 is 0 Å². The van der Waals surface area contributed by atoms with Crippen LogP contribution in [0.5, 0.6) is 0 Å². The zero-order chi connectivity index (χ0) is 14.2. The van der Waals surface area contributed by atoms with Crippen molar-refractivity contribution in [2.24, 2.45) is 13.0 Å². The largest absolute Gasteiger partial charge is 0.273 e. The number of aromatic nitrogens is 3. The Morgan fingerprint density at radius 3 is 2.58 bits per heavy atom. The van der Waals surface area contributed by atoms with Gasteiger partial charge in [-0.3, -0.25) is 14.0 Å². The van der Waals surface area contributed by atoms with Crippen molar-refractivity contribution in [3.05, 3.63) is 45.8 Å². The minimum Gasteiger partial charge on any atom is -0.273 e. The van der Waals surface area contributed by atoms with Crippen molar-refractivity contribution in [3.63, 3.8) is 0 Å². The van der Waals surface area contributed by atoms with Gasteiger partial charge in [0.15, 0.2) is 5.82 Å². The van der Waals surface area contributed by atoms with E-state index in [1.807, 2.05) is 20.8 Å². The summed E-state index contributed by atoms with van der Waals surface area (Å²) in [6.45, 7) is 5.85. The van der Waals surface area contributed by atoms with E-state index in [1.54, 1.807) is 17.9 Å². The number of rotatable bonds is 3. The fourth-order valence-corrected chi connectivity index (χ4v) is 2.18. The molecule has 102 valence electrons. The summed E-state index contributed by atoms with van der Waals surface area (Å²) >= 11 is 0. The molecule has 0 saturated heterocycles. The van der Waals surface area contributed by atoms with Crippen LogP contribution in [0.4, 0.5) is 4.39 Å². The maximum atomic E-state index is 13.7. The molecular formula is C14H18FN3O. The van der Waals surface area contributed by atoms with Gasteiger partial charge in [0.1, 0.15) is 5.82 Å². The summed E-state index contributed by atoms with van der Waals surface area (Å²) in [5, 5.41) is 4.22. The van der Waals surface area contributed by atoms with Crippen LogP contribution in [-0.2, 0) is 13.5 Å². The molecule has 0 radical (unpaired) electrons. The van der Waals surface area contributed by atoms with Crippen LogP contribution in [0.15, 0.2) is 23.3 Å². The van der Waals surface area contributed by atoms with Crippen molar-refractivity contribution in [2.75, 3.05) is 0 Å². The highest BCUT2D eigenvalue weighted by Gasteiger charge is 2.13. The number of nitrogens with zero attached hydrogens (tertiary/aromatic N) is 3. The van der Waals surface area contributed by atoms with Gasteiger partial charge in [0.2, 0.25) is 0 Å². The van der Waals surface area contributed by atoms with Gasteiger partial charge in [0, 0.05) is 30.6 Å². The topological polar surface area (TPSA) is 39.8 Å². The third kappa shape index (κ3) is 2.75. The second-order valence-electron chi connectivity index (χ2n) is 5.27. The van der Waals surface area contributed by atoms with E-state index >= 15 is 0 Å². The molecule has 0 unspecified atom stereocenters. The standard InChI is InChI=1S/C14H18FN3O/c1-9(2)5-11-6-12(15)8-18(14(11)19)13-10(3)7-17(4)16-13/h6-9H,5H2,1-4H3. The Morgan fingerprint density at radius 1 is 1.37 bits per heavy atom. The molecule has 2 heterocycles. The molecule has 2 aromatic heterocycles. The number of hydrogen-bond donors (Lipinski definition) is 0. The molecule has 2 aromatic rings. The Balaban J connectivity index is 2.61. The average Bonchev–Trinajstić information content (AvgIpc) is 2.62. The van der Waals surface area contributed by atoms with Gasteiger partial charge in [-0.15, -0.1) is 0 Å². The van der Waals surface area contributed by atoms with Crippen molar-refractivity contribution in [3.8, 4) is 5.82 Å². The predicted octanol–water partition coefficient (Wildman–Crippen LogP) is 2.22. The minimum atomic E-state index is -0.416. The first-order valence-corrected chi connectivity index (χ1v) is 6.30. The summed E-state index contributed by atoms with van der Waals surface area (Å²) in [6.07, 6.45) is 3.55. The van der Waals surface area contributed by atoms with Crippen LogP contribution in [0.2, 0.25) is 0 Å². The van der Waals surface area contributed by atoms with Gasteiger partial charge in [0.25, 0.3) is 5.56 Å². The van der Waals surface area contributed by atoms with E-state index in [1.165, 1.54) is 16.8 Å². The van der Waals surface area contributed by atoms with Crippen molar-refractivity contribution in [1.82, 2.24) is 14.3 Å². The Hall–Kier alpha value is -1.91. The molecule has 0 amide bonds. The molecular weight excluding hydrogens is 245 g/mol. The SMILES string of the molecule is Cc1cn(C)nc1-n1cc(F)cc(CC(C)C)c1=O. The molecule has 0 bridgehead atoms. The molecule has 0 fully saturated rings. The zero-order valence-corrected chi connectivity index (χ0v) is 11.6. The maximum Gasteiger partial charge on any atom is 0.259 e. The second-order valence-corrected chi connectivity index (χ2v) is 5.27. The first kappa shape index (κ1) is 13.5. The van der Waals surface area contributed by atoms with E-state index in [4.69, 9.17) is 0 Å². The lowest BCUT2D eigenvalue weighted by Crippen LogP contribution is -2.24. The number of pyridine rings is 1.